The summed E-state index contributed by atoms with van der Waals surface area (Å²) in [5.74, 6) is 0.744. The quantitative estimate of drug-likeness (QED) is 0.453. The Hall–Kier alpha value is -2.93. The zero-order chi connectivity index (χ0) is 24.2. The van der Waals surface area contributed by atoms with Gasteiger partial charge in [0.05, 0.1) is 6.61 Å². The van der Waals surface area contributed by atoms with Gasteiger partial charge in [-0.3, -0.25) is 9.69 Å². The van der Waals surface area contributed by atoms with Crippen LogP contribution in [0.1, 0.15) is 35.3 Å². The monoisotopic (exact) mass is 488 g/mol. The first-order valence-corrected chi connectivity index (χ1v) is 13.1. The Balaban J connectivity index is 1.26. The van der Waals surface area contributed by atoms with Gasteiger partial charge in [-0.15, -0.1) is 11.3 Å². The van der Waals surface area contributed by atoms with Gasteiger partial charge in [-0.05, 0) is 86.5 Å². The number of carbonyl (C=O) groups excluding carboxylic acids is 1. The first-order valence-electron chi connectivity index (χ1n) is 12.3. The molecule has 2 aliphatic heterocycles. The molecule has 0 unspecified atom stereocenters. The molecule has 0 aliphatic carbocycles. The Morgan fingerprint density at radius 1 is 1.06 bits per heavy atom. The molecule has 1 N–H and O–H groups in total. The minimum Gasteiger partial charge on any atom is -0.493 e. The number of hydrogen-bond acceptors (Lipinski definition) is 5. The minimum absolute atomic E-state index is 0.0779. The fourth-order valence-electron chi connectivity index (χ4n) is 4.69. The van der Waals surface area contributed by atoms with E-state index in [9.17, 15) is 4.79 Å². The highest BCUT2D eigenvalue weighted by Gasteiger charge is 2.19. The van der Waals surface area contributed by atoms with Crippen LogP contribution in [0.4, 0.5) is 5.69 Å². The van der Waals surface area contributed by atoms with Gasteiger partial charge in [-0.1, -0.05) is 12.1 Å². The molecule has 0 saturated carbocycles. The molecule has 5 rings (SSSR count). The number of amides is 1. The topological polar surface area (TPSA) is 50.8 Å². The van der Waals surface area contributed by atoms with Crippen molar-refractivity contribution < 1.29 is 14.3 Å². The summed E-state index contributed by atoms with van der Waals surface area (Å²) in [7, 11) is 2.18. The van der Waals surface area contributed by atoms with Crippen LogP contribution in [0.2, 0.25) is 0 Å². The predicted molar refractivity (Wildman–Crippen MR) is 143 cm³/mol. The molecule has 3 aromatic rings. The fourth-order valence-corrected chi connectivity index (χ4v) is 5.56. The number of fused-ring (bicyclic) bond motifs is 1. The molecule has 6 heteroatoms. The van der Waals surface area contributed by atoms with Gasteiger partial charge in [-0.2, -0.15) is 0 Å². The van der Waals surface area contributed by atoms with Gasteiger partial charge < -0.3 is 14.8 Å². The molecule has 35 heavy (non-hydrogen) atoms. The molecule has 0 spiro atoms. The first kappa shape index (κ1) is 23.8. The number of nitrogens with zero attached hydrogens (tertiary/aromatic N) is 1. The van der Waals surface area contributed by atoms with Crippen LogP contribution in [0.3, 0.4) is 0 Å². The average Bonchev–Trinajstić information content (AvgIpc) is 3.20. The summed E-state index contributed by atoms with van der Waals surface area (Å²) in [5, 5.41) is 3.07. The molecular formula is C29H32N2O3S. The normalized spacial score (nSPS) is 16.3. The van der Waals surface area contributed by atoms with Crippen LogP contribution in [0.25, 0.3) is 16.5 Å². The Morgan fingerprint density at radius 2 is 1.86 bits per heavy atom. The Labute approximate surface area is 211 Å². The Kier molecular flexibility index (Phi) is 7.32. The lowest BCUT2D eigenvalue weighted by molar-refractivity contribution is -0.113. The van der Waals surface area contributed by atoms with E-state index in [1.54, 1.807) is 11.3 Å². The molecule has 1 amide bonds. The smallest absolute Gasteiger partial charge is 0.251 e. The van der Waals surface area contributed by atoms with E-state index >= 15 is 0 Å². The first-order chi connectivity index (χ1) is 17.0. The third-order valence-corrected chi connectivity index (χ3v) is 7.79. The maximum Gasteiger partial charge on any atom is 0.251 e. The number of aryl methyl sites for hydroxylation is 1. The second-order valence-electron chi connectivity index (χ2n) is 9.34. The molecule has 0 bridgehead atoms. The fraction of sp³-hybridized carbons (Fsp3) is 0.345. The van der Waals surface area contributed by atoms with Gasteiger partial charge >= 0.3 is 0 Å². The molecule has 182 valence electrons. The van der Waals surface area contributed by atoms with Crippen molar-refractivity contribution in [1.82, 2.24) is 4.90 Å². The van der Waals surface area contributed by atoms with E-state index in [-0.39, 0.29) is 5.91 Å². The van der Waals surface area contributed by atoms with Crippen LogP contribution in [0, 0.1) is 6.92 Å². The second-order valence-corrected chi connectivity index (χ2v) is 10.6. The Morgan fingerprint density at radius 3 is 2.60 bits per heavy atom. The second kappa shape index (κ2) is 10.8. The largest absolute Gasteiger partial charge is 0.493 e. The summed E-state index contributed by atoms with van der Waals surface area (Å²) in [6, 6.07) is 19.2. The molecule has 1 saturated heterocycles. The maximum absolute atomic E-state index is 13.1. The number of thiophene rings is 1. The van der Waals surface area contributed by atoms with Crippen LogP contribution in [0.5, 0.6) is 5.75 Å². The van der Waals surface area contributed by atoms with E-state index in [4.69, 9.17) is 9.47 Å². The van der Waals surface area contributed by atoms with Crippen molar-refractivity contribution in [2.75, 3.05) is 32.2 Å². The summed E-state index contributed by atoms with van der Waals surface area (Å²) in [4.78, 5) is 18.0. The van der Waals surface area contributed by atoms with E-state index < -0.39 is 0 Å². The zero-order valence-electron chi connectivity index (χ0n) is 20.4. The van der Waals surface area contributed by atoms with Crippen LogP contribution < -0.4 is 10.1 Å². The number of hydrogen-bond donors (Lipinski definition) is 1. The molecule has 1 fully saturated rings. The highest BCUT2D eigenvalue weighted by atomic mass is 32.1. The van der Waals surface area contributed by atoms with E-state index in [0.717, 1.165) is 60.7 Å². The van der Waals surface area contributed by atoms with Gasteiger partial charge in [0.2, 0.25) is 0 Å². The molecule has 0 atom stereocenters. The van der Waals surface area contributed by atoms with E-state index in [1.165, 1.54) is 15.3 Å². The summed E-state index contributed by atoms with van der Waals surface area (Å²) in [6.45, 7) is 5.19. The van der Waals surface area contributed by atoms with Gasteiger partial charge in [0.15, 0.2) is 0 Å². The predicted octanol–water partition coefficient (Wildman–Crippen LogP) is 6.14. The van der Waals surface area contributed by atoms with Crippen molar-refractivity contribution in [3.8, 4) is 16.2 Å². The van der Waals surface area contributed by atoms with E-state index in [2.05, 4.69) is 60.6 Å². The summed E-state index contributed by atoms with van der Waals surface area (Å²) >= 11 is 1.77. The minimum atomic E-state index is -0.0779. The number of nitrogens with one attached hydrogen (secondary N) is 1. The van der Waals surface area contributed by atoms with Crippen molar-refractivity contribution in [2.24, 2.45) is 0 Å². The number of rotatable bonds is 6. The van der Waals surface area contributed by atoms with Crippen molar-refractivity contribution >= 4 is 29.0 Å². The highest BCUT2D eigenvalue weighted by Crippen LogP contribution is 2.34. The number of benzene rings is 2. The average molecular weight is 489 g/mol. The van der Waals surface area contributed by atoms with Gasteiger partial charge in [0, 0.05) is 58.8 Å². The summed E-state index contributed by atoms with van der Waals surface area (Å²) < 4.78 is 11.4. The van der Waals surface area contributed by atoms with Crippen LogP contribution in [-0.2, 0) is 16.1 Å². The van der Waals surface area contributed by atoms with Crippen molar-refractivity contribution in [3.05, 3.63) is 76.2 Å². The van der Waals surface area contributed by atoms with Crippen LogP contribution in [-0.4, -0.2) is 43.7 Å². The molecule has 2 aliphatic rings. The molecule has 0 radical (unpaired) electrons. The maximum atomic E-state index is 13.1. The molecular weight excluding hydrogens is 456 g/mol. The van der Waals surface area contributed by atoms with Crippen molar-refractivity contribution in [2.45, 2.75) is 38.8 Å². The lowest BCUT2D eigenvalue weighted by Gasteiger charge is -2.31. The van der Waals surface area contributed by atoms with Gasteiger partial charge in [-0.25, -0.2) is 0 Å². The zero-order valence-corrected chi connectivity index (χ0v) is 21.2. The standard InChI is InChI=1S/C29H32N2O3S/c1-20-3-10-28(35-20)22-6-9-27-24(17-22)18-23(11-16-34-27)29(32)30-25-7-4-21(5-8-25)19-31(2)26-12-14-33-15-13-26/h3-10,17-18,26H,11-16,19H2,1-2H3,(H,30,32). The Bertz CT molecular complexity index is 1210. The van der Waals surface area contributed by atoms with Crippen LogP contribution >= 0.6 is 11.3 Å². The van der Waals surface area contributed by atoms with Crippen molar-refractivity contribution in [1.29, 1.82) is 0 Å². The van der Waals surface area contributed by atoms with Crippen molar-refractivity contribution in [3.63, 3.8) is 0 Å². The van der Waals surface area contributed by atoms with E-state index in [0.29, 0.717) is 19.1 Å². The summed E-state index contributed by atoms with van der Waals surface area (Å²) in [6.07, 6.45) is 4.71. The molecule has 1 aromatic heterocycles. The molecule has 3 heterocycles. The number of anilines is 1. The summed E-state index contributed by atoms with van der Waals surface area (Å²) in [5.41, 5.74) is 4.87. The van der Waals surface area contributed by atoms with Crippen LogP contribution in [0.15, 0.2) is 60.2 Å². The van der Waals surface area contributed by atoms with E-state index in [1.807, 2.05) is 24.3 Å². The molecule has 5 nitrogen and oxygen atoms in total. The van der Waals surface area contributed by atoms with Gasteiger partial charge in [0.25, 0.3) is 5.91 Å². The highest BCUT2D eigenvalue weighted by molar-refractivity contribution is 7.15. The lowest BCUT2D eigenvalue weighted by Crippen LogP contribution is -2.36. The number of ether oxygens (including phenoxy) is 2. The SMILES string of the molecule is Cc1ccc(-c2ccc3c(c2)C=C(C(=O)Nc2ccc(CN(C)C4CCOCC4)cc2)CCO3)s1. The molecule has 2 aromatic carbocycles. The third kappa shape index (κ3) is 5.84. The third-order valence-electron chi connectivity index (χ3n) is 6.74. The van der Waals surface area contributed by atoms with Gasteiger partial charge in [0.1, 0.15) is 5.75 Å². The number of carbonyl (C=O) groups is 1. The lowest BCUT2D eigenvalue weighted by atomic mass is 10.0.